The summed E-state index contributed by atoms with van der Waals surface area (Å²) in [5.74, 6) is 0. The van der Waals surface area contributed by atoms with Crippen molar-refractivity contribution in [2.24, 2.45) is 0 Å². The van der Waals surface area contributed by atoms with Crippen LogP contribution in [0, 0.1) is 0 Å². The van der Waals surface area contributed by atoms with Crippen LogP contribution < -0.4 is 5.32 Å². The molecule has 0 atom stereocenters. The van der Waals surface area contributed by atoms with Gasteiger partial charge in [0.2, 0.25) is 0 Å². The van der Waals surface area contributed by atoms with Gasteiger partial charge in [0.05, 0.1) is 0 Å². The fourth-order valence-electron chi connectivity index (χ4n) is 0.865. The average Bonchev–Trinajstić information content (AvgIpc) is 2.05. The Labute approximate surface area is 70.2 Å². The van der Waals surface area contributed by atoms with E-state index in [-0.39, 0.29) is 0 Å². The second-order valence-electron chi connectivity index (χ2n) is 2.61. The molecule has 0 saturated heterocycles. The Hall–Kier alpha value is -0.720. The monoisotopic (exact) mass is 153 g/mol. The van der Waals surface area contributed by atoms with Crippen LogP contribution in [-0.2, 0) is 0 Å². The van der Waals surface area contributed by atoms with E-state index in [9.17, 15) is 0 Å². The zero-order valence-electron chi connectivity index (χ0n) is 8.07. The topological polar surface area (TPSA) is 12.0 Å². The van der Waals surface area contributed by atoms with E-state index >= 15 is 0 Å². The predicted molar refractivity (Wildman–Crippen MR) is 51.5 cm³/mol. The first-order valence-electron chi connectivity index (χ1n) is 4.30. The minimum absolute atomic E-state index is 1.10. The lowest BCUT2D eigenvalue weighted by Crippen LogP contribution is -2.05. The normalized spacial score (nSPS) is 13.5. The Kier molecular flexibility index (Phi) is 5.63. The molecule has 0 aliphatic rings. The quantitative estimate of drug-likeness (QED) is 0.612. The Morgan fingerprint density at radius 1 is 1.36 bits per heavy atom. The molecule has 0 aliphatic carbocycles. The second kappa shape index (κ2) is 6.02. The molecule has 1 nitrogen and oxygen atoms in total. The number of hydrogen-bond acceptors (Lipinski definition) is 1. The highest BCUT2D eigenvalue weighted by atomic mass is 14.8. The van der Waals surface area contributed by atoms with Gasteiger partial charge in [0, 0.05) is 12.7 Å². The summed E-state index contributed by atoms with van der Waals surface area (Å²) in [6.07, 6.45) is 6.54. The Bertz CT molecular complexity index is 154. The summed E-state index contributed by atoms with van der Waals surface area (Å²) in [5, 5.41) is 3.18. The van der Waals surface area contributed by atoms with Crippen LogP contribution in [0.4, 0.5) is 0 Å². The van der Waals surface area contributed by atoms with Gasteiger partial charge >= 0.3 is 0 Å². The summed E-state index contributed by atoms with van der Waals surface area (Å²) in [4.78, 5) is 0. The smallest absolute Gasteiger partial charge is 0.0323 e. The summed E-state index contributed by atoms with van der Waals surface area (Å²) in [7, 11) is 1.97. The van der Waals surface area contributed by atoms with Crippen molar-refractivity contribution >= 4 is 0 Å². The zero-order valence-corrected chi connectivity index (χ0v) is 8.07. The van der Waals surface area contributed by atoms with Gasteiger partial charge in [-0.05, 0) is 25.8 Å². The van der Waals surface area contributed by atoms with Crippen molar-refractivity contribution in [1.82, 2.24) is 5.32 Å². The Balaban J connectivity index is 4.26. The highest BCUT2D eigenvalue weighted by Gasteiger charge is 1.91. The third kappa shape index (κ3) is 3.87. The molecule has 0 radical (unpaired) electrons. The van der Waals surface area contributed by atoms with Crippen LogP contribution in [-0.4, -0.2) is 7.05 Å². The molecule has 1 N–H and O–H groups in total. The first-order valence-corrected chi connectivity index (χ1v) is 4.30. The largest absolute Gasteiger partial charge is 0.388 e. The molecule has 0 bridgehead atoms. The van der Waals surface area contributed by atoms with E-state index in [1.54, 1.807) is 0 Å². The van der Waals surface area contributed by atoms with Gasteiger partial charge in [0.25, 0.3) is 0 Å². The highest BCUT2D eigenvalue weighted by molar-refractivity contribution is 5.22. The number of likely N-dealkylation sites (N-methyl/N-ethyl adjacent to an activating group) is 1. The van der Waals surface area contributed by atoms with Gasteiger partial charge in [0.15, 0.2) is 0 Å². The Morgan fingerprint density at radius 2 is 2.00 bits per heavy atom. The first kappa shape index (κ1) is 10.3. The molecule has 0 heterocycles. The van der Waals surface area contributed by atoms with Crippen molar-refractivity contribution in [2.75, 3.05) is 7.05 Å². The SMILES string of the molecule is CC/C=C\C(NC)=C(C)CC. The molecule has 0 aromatic heterocycles. The van der Waals surface area contributed by atoms with Gasteiger partial charge in [-0.15, -0.1) is 0 Å². The molecule has 0 rings (SSSR count). The lowest BCUT2D eigenvalue weighted by molar-refractivity contribution is 0.952. The van der Waals surface area contributed by atoms with E-state index < -0.39 is 0 Å². The lowest BCUT2D eigenvalue weighted by Gasteiger charge is -2.04. The summed E-state index contributed by atoms with van der Waals surface area (Å²) >= 11 is 0. The number of allylic oxidation sites excluding steroid dienone is 3. The first-order chi connectivity index (χ1) is 5.26. The maximum atomic E-state index is 3.18. The van der Waals surface area contributed by atoms with E-state index in [1.165, 1.54) is 11.3 Å². The lowest BCUT2D eigenvalue weighted by atomic mass is 10.1. The summed E-state index contributed by atoms with van der Waals surface area (Å²) in [5.41, 5.74) is 2.67. The molecule has 0 amide bonds. The van der Waals surface area contributed by atoms with Gasteiger partial charge < -0.3 is 5.32 Å². The fraction of sp³-hybridized carbons (Fsp3) is 0.600. The molecular formula is C10H19N. The summed E-state index contributed by atoms with van der Waals surface area (Å²) in [6.45, 7) is 6.48. The van der Waals surface area contributed by atoms with Crippen molar-refractivity contribution in [1.29, 1.82) is 0 Å². The predicted octanol–water partition coefficient (Wildman–Crippen LogP) is 2.86. The minimum atomic E-state index is 1.10. The van der Waals surface area contributed by atoms with Crippen LogP contribution in [0.3, 0.4) is 0 Å². The molecule has 1 heteroatoms. The Morgan fingerprint density at radius 3 is 2.36 bits per heavy atom. The maximum absolute atomic E-state index is 3.18. The summed E-state index contributed by atoms with van der Waals surface area (Å²) < 4.78 is 0. The average molecular weight is 153 g/mol. The van der Waals surface area contributed by atoms with Crippen molar-refractivity contribution < 1.29 is 0 Å². The van der Waals surface area contributed by atoms with E-state index in [2.05, 4.69) is 38.2 Å². The highest BCUT2D eigenvalue weighted by Crippen LogP contribution is 2.05. The van der Waals surface area contributed by atoms with E-state index in [0.717, 1.165) is 12.8 Å². The molecule has 0 aromatic rings. The molecule has 64 valence electrons. The van der Waals surface area contributed by atoms with Gasteiger partial charge in [-0.1, -0.05) is 25.5 Å². The zero-order chi connectivity index (χ0) is 8.69. The third-order valence-electron chi connectivity index (χ3n) is 1.78. The molecule has 0 fully saturated rings. The van der Waals surface area contributed by atoms with Crippen LogP contribution >= 0.6 is 0 Å². The van der Waals surface area contributed by atoms with Crippen LogP contribution in [0.5, 0.6) is 0 Å². The van der Waals surface area contributed by atoms with Crippen LogP contribution in [0.15, 0.2) is 23.4 Å². The number of rotatable bonds is 4. The van der Waals surface area contributed by atoms with Crippen LogP contribution in [0.2, 0.25) is 0 Å². The van der Waals surface area contributed by atoms with Crippen molar-refractivity contribution in [3.8, 4) is 0 Å². The van der Waals surface area contributed by atoms with Gasteiger partial charge in [-0.3, -0.25) is 0 Å². The maximum Gasteiger partial charge on any atom is 0.0323 e. The molecule has 0 aromatic carbocycles. The second-order valence-corrected chi connectivity index (χ2v) is 2.61. The molecule has 0 unspecified atom stereocenters. The van der Waals surface area contributed by atoms with Crippen molar-refractivity contribution in [2.45, 2.75) is 33.6 Å². The van der Waals surface area contributed by atoms with Gasteiger partial charge in [-0.25, -0.2) is 0 Å². The minimum Gasteiger partial charge on any atom is -0.388 e. The van der Waals surface area contributed by atoms with Crippen molar-refractivity contribution in [3.63, 3.8) is 0 Å². The fourth-order valence-corrected chi connectivity index (χ4v) is 0.865. The third-order valence-corrected chi connectivity index (χ3v) is 1.78. The number of hydrogen-bond donors (Lipinski definition) is 1. The van der Waals surface area contributed by atoms with E-state index in [0.29, 0.717) is 0 Å². The summed E-state index contributed by atoms with van der Waals surface area (Å²) in [6, 6.07) is 0. The molecule has 0 aliphatic heterocycles. The molecule has 11 heavy (non-hydrogen) atoms. The van der Waals surface area contributed by atoms with Gasteiger partial charge in [-0.2, -0.15) is 0 Å². The molecule has 0 spiro atoms. The van der Waals surface area contributed by atoms with Gasteiger partial charge in [0.1, 0.15) is 0 Å². The molecular weight excluding hydrogens is 134 g/mol. The molecule has 0 saturated carbocycles. The van der Waals surface area contributed by atoms with Crippen molar-refractivity contribution in [3.05, 3.63) is 23.4 Å². The standard InChI is InChI=1S/C10H19N/c1-5-7-8-10(11-4)9(3)6-2/h7-8,11H,5-6H2,1-4H3/b8-7-,10-9?. The van der Waals surface area contributed by atoms with E-state index in [1.807, 2.05) is 7.05 Å². The van der Waals surface area contributed by atoms with E-state index in [4.69, 9.17) is 0 Å². The number of nitrogens with one attached hydrogen (secondary N) is 1. The van der Waals surface area contributed by atoms with Crippen LogP contribution in [0.25, 0.3) is 0 Å². The van der Waals surface area contributed by atoms with Crippen LogP contribution in [0.1, 0.15) is 33.6 Å².